The Hall–Kier alpha value is -3.65. The van der Waals surface area contributed by atoms with Gasteiger partial charge in [-0.3, -0.25) is 4.79 Å². The average molecular weight is 517 g/mol. The van der Waals surface area contributed by atoms with Gasteiger partial charge in [-0.15, -0.1) is 11.3 Å². The van der Waals surface area contributed by atoms with Gasteiger partial charge in [-0.2, -0.15) is 0 Å². The molecule has 0 radical (unpaired) electrons. The Morgan fingerprint density at radius 2 is 1.78 bits per heavy atom. The summed E-state index contributed by atoms with van der Waals surface area (Å²) in [4.78, 5) is 33.6. The monoisotopic (exact) mass is 516 g/mol. The van der Waals surface area contributed by atoms with Crippen molar-refractivity contribution in [3.8, 4) is 11.4 Å². The van der Waals surface area contributed by atoms with Gasteiger partial charge >= 0.3 is 5.97 Å². The summed E-state index contributed by atoms with van der Waals surface area (Å²) < 4.78 is 2.00. The van der Waals surface area contributed by atoms with Gasteiger partial charge < -0.3 is 19.5 Å². The molecule has 1 N–H and O–H groups in total. The Balaban J connectivity index is 1.72. The fraction of sp³-hybridized carbons (Fsp3) is 0.345. The van der Waals surface area contributed by atoms with E-state index in [0.29, 0.717) is 5.92 Å². The molecule has 37 heavy (non-hydrogen) atoms. The van der Waals surface area contributed by atoms with E-state index in [0.717, 1.165) is 46.0 Å². The molecule has 1 saturated carbocycles. The maximum atomic E-state index is 13.0. The SMILES string of the molecule is CN(C)C(=O)Cn1c(-c2csc(N(C)c3ccccc3)n2)c(C2CCCCC2)c2ccc(C(=O)O)cc21. The van der Waals surface area contributed by atoms with Crippen LogP contribution < -0.4 is 4.90 Å². The highest BCUT2D eigenvalue weighted by Crippen LogP contribution is 2.45. The number of nitrogens with zero attached hydrogens (tertiary/aromatic N) is 4. The minimum atomic E-state index is -0.977. The van der Waals surface area contributed by atoms with E-state index in [-0.39, 0.29) is 18.0 Å². The molecular formula is C29H32N4O3S. The van der Waals surface area contributed by atoms with Crippen LogP contribution in [-0.4, -0.2) is 52.6 Å². The number of benzene rings is 2. The highest BCUT2D eigenvalue weighted by atomic mass is 32.1. The zero-order chi connectivity index (χ0) is 26.1. The molecule has 5 rings (SSSR count). The zero-order valence-electron chi connectivity index (χ0n) is 21.5. The lowest BCUT2D eigenvalue weighted by Gasteiger charge is -2.23. The lowest BCUT2D eigenvalue weighted by atomic mass is 9.82. The number of para-hydroxylation sites is 1. The highest BCUT2D eigenvalue weighted by Gasteiger charge is 2.29. The molecule has 8 heteroatoms. The summed E-state index contributed by atoms with van der Waals surface area (Å²) in [5, 5.41) is 13.7. The van der Waals surface area contributed by atoms with Gasteiger partial charge in [0.1, 0.15) is 12.2 Å². The van der Waals surface area contributed by atoms with Crippen molar-refractivity contribution in [2.75, 3.05) is 26.0 Å². The number of anilines is 2. The second kappa shape index (κ2) is 10.4. The van der Waals surface area contributed by atoms with Crippen LogP contribution in [0.3, 0.4) is 0 Å². The van der Waals surface area contributed by atoms with Crippen LogP contribution in [0.5, 0.6) is 0 Å². The Labute approximate surface area is 221 Å². The van der Waals surface area contributed by atoms with E-state index < -0.39 is 5.97 Å². The second-order valence-corrected chi connectivity index (χ2v) is 10.8. The van der Waals surface area contributed by atoms with Crippen LogP contribution in [0.15, 0.2) is 53.9 Å². The van der Waals surface area contributed by atoms with Gasteiger partial charge in [0.2, 0.25) is 5.91 Å². The summed E-state index contributed by atoms with van der Waals surface area (Å²) in [5.41, 5.74) is 4.99. The highest BCUT2D eigenvalue weighted by molar-refractivity contribution is 7.14. The predicted octanol–water partition coefficient (Wildman–Crippen LogP) is 6.37. The Morgan fingerprint density at radius 1 is 1.05 bits per heavy atom. The Bertz CT molecular complexity index is 1430. The summed E-state index contributed by atoms with van der Waals surface area (Å²) in [6.45, 7) is 0.121. The number of carbonyl (C=O) groups excluding carboxylic acids is 1. The minimum Gasteiger partial charge on any atom is -0.478 e. The number of carboxylic acids is 1. The fourth-order valence-electron chi connectivity index (χ4n) is 5.32. The number of aromatic carboxylic acids is 1. The standard InChI is InChI=1S/C29H32N4O3S/c1-31(2)25(34)17-33-24-16-20(28(35)36)14-15-22(24)26(19-10-6-4-7-11-19)27(33)23-18-37-29(30-23)32(3)21-12-8-5-9-13-21/h5,8-9,12-16,18-19H,4,6-7,10-11,17H2,1-3H3,(H,35,36). The van der Waals surface area contributed by atoms with Gasteiger partial charge in [0.25, 0.3) is 0 Å². The third-order valence-electron chi connectivity index (χ3n) is 7.32. The van der Waals surface area contributed by atoms with Crippen molar-refractivity contribution in [2.24, 2.45) is 0 Å². The van der Waals surface area contributed by atoms with E-state index in [1.807, 2.05) is 35.9 Å². The van der Waals surface area contributed by atoms with Crippen LogP contribution in [-0.2, 0) is 11.3 Å². The molecule has 2 aromatic heterocycles. The van der Waals surface area contributed by atoms with E-state index in [2.05, 4.69) is 22.4 Å². The van der Waals surface area contributed by atoms with E-state index >= 15 is 0 Å². The number of carboxylic acid groups (broad SMARTS) is 1. The molecule has 2 aromatic carbocycles. The number of hydrogen-bond acceptors (Lipinski definition) is 5. The minimum absolute atomic E-state index is 0.0501. The number of thiazole rings is 1. The normalized spacial score (nSPS) is 14.1. The van der Waals surface area contributed by atoms with Crippen LogP contribution >= 0.6 is 11.3 Å². The van der Waals surface area contributed by atoms with Crippen molar-refractivity contribution in [3.05, 3.63) is 65.0 Å². The summed E-state index contributed by atoms with van der Waals surface area (Å²) in [5.74, 6) is -0.685. The number of aromatic nitrogens is 2. The van der Waals surface area contributed by atoms with Gasteiger partial charge in [-0.1, -0.05) is 43.5 Å². The molecule has 0 unspecified atom stereocenters. The summed E-state index contributed by atoms with van der Waals surface area (Å²) in [6, 6.07) is 15.4. The molecule has 1 aliphatic carbocycles. The van der Waals surface area contributed by atoms with Crippen LogP contribution in [0.4, 0.5) is 10.8 Å². The van der Waals surface area contributed by atoms with Crippen molar-refractivity contribution >= 4 is 44.9 Å². The molecule has 0 bridgehead atoms. The number of amides is 1. The van der Waals surface area contributed by atoms with E-state index in [1.165, 1.54) is 24.8 Å². The maximum absolute atomic E-state index is 13.0. The lowest BCUT2D eigenvalue weighted by Crippen LogP contribution is -2.26. The van der Waals surface area contributed by atoms with Crippen molar-refractivity contribution in [1.82, 2.24) is 14.5 Å². The van der Waals surface area contributed by atoms with Gasteiger partial charge in [0, 0.05) is 37.6 Å². The molecule has 2 heterocycles. The quantitative estimate of drug-likeness (QED) is 0.309. The van der Waals surface area contributed by atoms with Crippen molar-refractivity contribution < 1.29 is 14.7 Å². The number of likely N-dealkylation sites (N-methyl/N-ethyl adjacent to an activating group) is 1. The molecule has 1 fully saturated rings. The summed E-state index contributed by atoms with van der Waals surface area (Å²) in [6.07, 6.45) is 5.72. The average Bonchev–Trinajstić information content (AvgIpc) is 3.52. The third kappa shape index (κ3) is 4.85. The zero-order valence-corrected chi connectivity index (χ0v) is 22.3. The molecule has 0 atom stereocenters. The molecule has 0 saturated heterocycles. The lowest BCUT2D eigenvalue weighted by molar-refractivity contribution is -0.129. The Kier molecular flexibility index (Phi) is 7.02. The van der Waals surface area contributed by atoms with Crippen LogP contribution in [0, 0.1) is 0 Å². The summed E-state index contributed by atoms with van der Waals surface area (Å²) >= 11 is 1.57. The van der Waals surface area contributed by atoms with Crippen LogP contribution in [0.2, 0.25) is 0 Å². The largest absolute Gasteiger partial charge is 0.478 e. The van der Waals surface area contributed by atoms with E-state index in [9.17, 15) is 14.7 Å². The smallest absolute Gasteiger partial charge is 0.335 e. The molecule has 1 amide bonds. The van der Waals surface area contributed by atoms with Crippen molar-refractivity contribution in [1.29, 1.82) is 0 Å². The molecule has 192 valence electrons. The van der Waals surface area contributed by atoms with Crippen LogP contribution in [0.25, 0.3) is 22.3 Å². The fourth-order valence-corrected chi connectivity index (χ4v) is 6.12. The van der Waals surface area contributed by atoms with Gasteiger partial charge in [0.15, 0.2) is 5.13 Å². The van der Waals surface area contributed by atoms with Gasteiger partial charge in [-0.05, 0) is 48.6 Å². The first kappa shape index (κ1) is 25.0. The van der Waals surface area contributed by atoms with Crippen molar-refractivity contribution in [3.63, 3.8) is 0 Å². The third-order valence-corrected chi connectivity index (χ3v) is 8.24. The van der Waals surface area contributed by atoms with E-state index in [4.69, 9.17) is 4.98 Å². The number of carbonyl (C=O) groups is 2. The number of hydrogen-bond donors (Lipinski definition) is 1. The number of rotatable bonds is 7. The molecule has 1 aliphatic rings. The maximum Gasteiger partial charge on any atom is 0.335 e. The first-order chi connectivity index (χ1) is 17.8. The van der Waals surface area contributed by atoms with Gasteiger partial charge in [-0.25, -0.2) is 9.78 Å². The summed E-state index contributed by atoms with van der Waals surface area (Å²) in [7, 11) is 5.49. The Morgan fingerprint density at radius 3 is 2.46 bits per heavy atom. The molecule has 0 spiro atoms. The van der Waals surface area contributed by atoms with E-state index in [1.54, 1.807) is 42.5 Å². The predicted molar refractivity (Wildman–Crippen MR) is 149 cm³/mol. The molecule has 7 nitrogen and oxygen atoms in total. The second-order valence-electron chi connectivity index (χ2n) is 9.92. The first-order valence-corrected chi connectivity index (χ1v) is 13.6. The number of fused-ring (bicyclic) bond motifs is 1. The molecular weight excluding hydrogens is 484 g/mol. The topological polar surface area (TPSA) is 78.7 Å². The molecule has 0 aliphatic heterocycles. The first-order valence-electron chi connectivity index (χ1n) is 12.7. The van der Waals surface area contributed by atoms with Crippen molar-refractivity contribution in [2.45, 2.75) is 44.6 Å². The van der Waals surface area contributed by atoms with Gasteiger partial charge in [0.05, 0.1) is 16.8 Å². The van der Waals surface area contributed by atoms with Crippen LogP contribution in [0.1, 0.15) is 53.9 Å². The molecule has 4 aromatic rings.